The van der Waals surface area contributed by atoms with Crippen LogP contribution in [0.1, 0.15) is 72.1 Å². The van der Waals surface area contributed by atoms with Crippen LogP contribution in [0.25, 0.3) is 0 Å². The van der Waals surface area contributed by atoms with Gasteiger partial charge in [-0.2, -0.15) is 0 Å². The first-order valence-corrected chi connectivity index (χ1v) is 9.59. The van der Waals surface area contributed by atoms with Crippen molar-refractivity contribution in [2.24, 2.45) is 46.3 Å². The fourth-order valence-electron chi connectivity index (χ4n) is 7.65. The first-order valence-electron chi connectivity index (χ1n) is 9.59. The normalized spacial score (nSPS) is 57.0. The van der Waals surface area contributed by atoms with Gasteiger partial charge in [0.15, 0.2) is 0 Å². The second kappa shape index (κ2) is 4.74. The molecule has 0 aliphatic heterocycles. The number of carbonyl (C=O) groups is 1. The molecule has 0 spiro atoms. The molecular formula is C20H32O2. The Morgan fingerprint density at radius 2 is 1.73 bits per heavy atom. The molecular weight excluding hydrogens is 272 g/mol. The third kappa shape index (κ3) is 1.82. The van der Waals surface area contributed by atoms with Crippen LogP contribution >= 0.6 is 0 Å². The van der Waals surface area contributed by atoms with Crippen molar-refractivity contribution in [2.45, 2.75) is 72.1 Å². The average molecular weight is 304 g/mol. The van der Waals surface area contributed by atoms with E-state index < -0.39 is 5.97 Å². The van der Waals surface area contributed by atoms with Crippen LogP contribution < -0.4 is 0 Å². The number of fused-ring (bicyclic) bond motifs is 5. The molecule has 124 valence electrons. The predicted octanol–water partition coefficient (Wildman–Crippen LogP) is 4.98. The van der Waals surface area contributed by atoms with Crippen molar-refractivity contribution in [2.75, 3.05) is 0 Å². The van der Waals surface area contributed by atoms with E-state index >= 15 is 0 Å². The van der Waals surface area contributed by atoms with Gasteiger partial charge in [-0.1, -0.05) is 20.8 Å². The van der Waals surface area contributed by atoms with E-state index in [1.807, 2.05) is 0 Å². The molecule has 0 aromatic heterocycles. The molecule has 0 amide bonds. The Labute approximate surface area is 135 Å². The Morgan fingerprint density at radius 3 is 2.45 bits per heavy atom. The van der Waals surface area contributed by atoms with E-state index in [0.29, 0.717) is 16.7 Å². The van der Waals surface area contributed by atoms with Crippen LogP contribution in [0.2, 0.25) is 0 Å². The third-order valence-electron chi connectivity index (χ3n) is 9.14. The van der Waals surface area contributed by atoms with Gasteiger partial charge in [-0.05, 0) is 91.8 Å². The van der Waals surface area contributed by atoms with Crippen LogP contribution in [0.15, 0.2) is 0 Å². The topological polar surface area (TPSA) is 37.3 Å². The molecule has 2 heteroatoms. The molecule has 1 unspecified atom stereocenters. The highest BCUT2D eigenvalue weighted by atomic mass is 16.4. The van der Waals surface area contributed by atoms with Crippen molar-refractivity contribution >= 4 is 5.97 Å². The molecule has 0 saturated heterocycles. The van der Waals surface area contributed by atoms with E-state index in [4.69, 9.17) is 0 Å². The summed E-state index contributed by atoms with van der Waals surface area (Å²) in [5.41, 5.74) is 0.897. The smallest absolute Gasteiger partial charge is 0.306 e. The van der Waals surface area contributed by atoms with Crippen molar-refractivity contribution in [3.05, 3.63) is 0 Å². The van der Waals surface area contributed by atoms with Crippen LogP contribution in [0.3, 0.4) is 0 Å². The Balaban J connectivity index is 1.63. The predicted molar refractivity (Wildman–Crippen MR) is 87.4 cm³/mol. The highest BCUT2D eigenvalue weighted by Crippen LogP contribution is 2.68. The van der Waals surface area contributed by atoms with Gasteiger partial charge in [-0.25, -0.2) is 0 Å². The van der Waals surface area contributed by atoms with Crippen molar-refractivity contribution in [1.82, 2.24) is 0 Å². The minimum absolute atomic E-state index is 0.0652. The van der Waals surface area contributed by atoms with Crippen LogP contribution in [0, 0.1) is 46.3 Å². The minimum Gasteiger partial charge on any atom is -0.481 e. The summed E-state index contributed by atoms with van der Waals surface area (Å²) in [6.07, 6.45) is 10.2. The lowest BCUT2D eigenvalue weighted by Crippen LogP contribution is -2.50. The Morgan fingerprint density at radius 1 is 1.00 bits per heavy atom. The van der Waals surface area contributed by atoms with E-state index in [0.717, 1.165) is 36.5 Å². The second-order valence-corrected chi connectivity index (χ2v) is 9.65. The number of rotatable bonds is 1. The largest absolute Gasteiger partial charge is 0.481 e. The lowest BCUT2D eigenvalue weighted by molar-refractivity contribution is -0.142. The molecule has 1 N–H and O–H groups in total. The number of carboxylic acids is 1. The van der Waals surface area contributed by atoms with Gasteiger partial charge in [0.25, 0.3) is 0 Å². The molecule has 4 aliphatic carbocycles. The Kier molecular flexibility index (Phi) is 3.24. The zero-order chi connectivity index (χ0) is 15.7. The van der Waals surface area contributed by atoms with Crippen LogP contribution in [-0.4, -0.2) is 11.1 Å². The molecule has 0 aromatic rings. The quantitative estimate of drug-likeness (QED) is 0.742. The van der Waals surface area contributed by atoms with Crippen molar-refractivity contribution in [3.63, 3.8) is 0 Å². The molecule has 4 aliphatic rings. The number of carboxylic acid groups (broad SMARTS) is 1. The van der Waals surface area contributed by atoms with Crippen LogP contribution in [0.5, 0.6) is 0 Å². The molecule has 0 radical (unpaired) electrons. The lowest BCUT2D eigenvalue weighted by atomic mass is 9.48. The lowest BCUT2D eigenvalue weighted by Gasteiger charge is -2.57. The second-order valence-electron chi connectivity index (χ2n) is 9.65. The summed E-state index contributed by atoms with van der Waals surface area (Å²) in [7, 11) is 0. The molecule has 8 atom stereocenters. The summed E-state index contributed by atoms with van der Waals surface area (Å²) in [6.45, 7) is 7.50. The van der Waals surface area contributed by atoms with Crippen LogP contribution in [0.4, 0.5) is 0 Å². The summed E-state index contributed by atoms with van der Waals surface area (Å²) in [5.74, 6) is 3.57. The van der Waals surface area contributed by atoms with Gasteiger partial charge in [-0.3, -0.25) is 4.79 Å². The summed E-state index contributed by atoms with van der Waals surface area (Å²) < 4.78 is 0. The summed E-state index contributed by atoms with van der Waals surface area (Å²) in [4.78, 5) is 11.5. The molecule has 0 bridgehead atoms. The Hall–Kier alpha value is -0.530. The molecule has 4 fully saturated rings. The maximum absolute atomic E-state index is 11.5. The van der Waals surface area contributed by atoms with Gasteiger partial charge in [0.2, 0.25) is 0 Å². The number of hydrogen-bond acceptors (Lipinski definition) is 1. The number of aliphatic carboxylic acids is 1. The average Bonchev–Trinajstić information content (AvgIpc) is 2.97. The van der Waals surface area contributed by atoms with Crippen molar-refractivity contribution in [3.8, 4) is 0 Å². The number of hydrogen-bond donors (Lipinski definition) is 1. The third-order valence-corrected chi connectivity index (χ3v) is 9.14. The van der Waals surface area contributed by atoms with E-state index in [-0.39, 0.29) is 5.92 Å². The van der Waals surface area contributed by atoms with Crippen LogP contribution in [-0.2, 0) is 4.79 Å². The fourth-order valence-corrected chi connectivity index (χ4v) is 7.65. The SMILES string of the molecule is C[C@H]1CC[C@H]2[C@@H]3CC[C@H]4CC(C(=O)O)C[C@]4(C)[C@H]3CC[C@]12C. The maximum Gasteiger partial charge on any atom is 0.306 e. The first kappa shape index (κ1) is 15.0. The minimum atomic E-state index is -0.540. The van der Waals surface area contributed by atoms with Gasteiger partial charge in [0.1, 0.15) is 0 Å². The molecule has 22 heavy (non-hydrogen) atoms. The van der Waals surface area contributed by atoms with E-state index in [1.165, 1.54) is 38.5 Å². The maximum atomic E-state index is 11.5. The van der Waals surface area contributed by atoms with Gasteiger partial charge in [-0.15, -0.1) is 0 Å². The van der Waals surface area contributed by atoms with E-state index in [2.05, 4.69) is 20.8 Å². The van der Waals surface area contributed by atoms with Crippen molar-refractivity contribution in [1.29, 1.82) is 0 Å². The molecule has 4 rings (SSSR count). The Bertz CT molecular complexity index is 486. The molecule has 0 heterocycles. The monoisotopic (exact) mass is 304 g/mol. The van der Waals surface area contributed by atoms with E-state index in [9.17, 15) is 9.90 Å². The summed E-state index contributed by atoms with van der Waals surface area (Å²) in [5, 5.41) is 9.50. The highest BCUT2D eigenvalue weighted by Gasteiger charge is 2.61. The summed E-state index contributed by atoms with van der Waals surface area (Å²) >= 11 is 0. The highest BCUT2D eigenvalue weighted by molar-refractivity contribution is 5.70. The van der Waals surface area contributed by atoms with Crippen molar-refractivity contribution < 1.29 is 9.90 Å². The summed E-state index contributed by atoms with van der Waals surface area (Å²) in [6, 6.07) is 0. The molecule has 2 nitrogen and oxygen atoms in total. The fraction of sp³-hybridized carbons (Fsp3) is 0.950. The zero-order valence-electron chi connectivity index (χ0n) is 14.5. The molecule has 4 saturated carbocycles. The van der Waals surface area contributed by atoms with Gasteiger partial charge < -0.3 is 5.11 Å². The first-order chi connectivity index (χ1) is 10.4. The zero-order valence-corrected chi connectivity index (χ0v) is 14.5. The van der Waals surface area contributed by atoms with Gasteiger partial charge in [0.05, 0.1) is 5.92 Å². The van der Waals surface area contributed by atoms with Gasteiger partial charge >= 0.3 is 5.97 Å². The van der Waals surface area contributed by atoms with Gasteiger partial charge in [0, 0.05) is 0 Å². The van der Waals surface area contributed by atoms with E-state index in [1.54, 1.807) is 0 Å². The standard InChI is InChI=1S/C20H32O2/c1-12-4-7-16-15-6-5-14-10-13(18(21)22)11-20(14,3)17(15)8-9-19(12,16)2/h12-17H,4-11H2,1-3H3,(H,21,22)/t12-,13?,14-,15-,16-,17-,19+,20-/m0/s1. The molecule has 0 aromatic carbocycles.